The second-order valence-electron chi connectivity index (χ2n) is 2.90. The molecule has 0 saturated heterocycles. The van der Waals surface area contributed by atoms with E-state index in [2.05, 4.69) is 6.07 Å². The predicted molar refractivity (Wildman–Crippen MR) is 52.0 cm³/mol. The number of rotatable bonds is 1. The first-order chi connectivity index (χ1) is 6.85. The summed E-state index contributed by atoms with van der Waals surface area (Å²) in [6, 6.07) is 5.65. The Morgan fingerprint density at radius 2 is 2.07 bits per heavy atom. The van der Waals surface area contributed by atoms with Crippen molar-refractivity contribution in [2.24, 2.45) is 0 Å². The molecule has 1 aromatic carbocycles. The summed E-state index contributed by atoms with van der Waals surface area (Å²) in [6.07, 6.45) is 3.76. The second kappa shape index (κ2) is 3.43. The van der Waals surface area contributed by atoms with Gasteiger partial charge in [0.1, 0.15) is 0 Å². The molecule has 0 unspecified atom stereocenters. The van der Waals surface area contributed by atoms with Crippen molar-refractivity contribution in [2.75, 3.05) is 6.79 Å². The van der Waals surface area contributed by atoms with Gasteiger partial charge in [0, 0.05) is 6.07 Å². The fourth-order valence-corrected chi connectivity index (χ4v) is 1.37. The molecule has 0 aromatic heterocycles. The number of ether oxygens (including phenoxy) is 2. The van der Waals surface area contributed by atoms with Crippen molar-refractivity contribution < 1.29 is 9.47 Å². The topological polar surface area (TPSA) is 42.2 Å². The average Bonchev–Trinajstić information content (AvgIpc) is 2.64. The minimum Gasteiger partial charge on any atom is -0.454 e. The van der Waals surface area contributed by atoms with E-state index >= 15 is 0 Å². The van der Waals surface area contributed by atoms with Gasteiger partial charge in [0.2, 0.25) is 6.79 Å². The second-order valence-corrected chi connectivity index (χ2v) is 2.90. The van der Waals surface area contributed by atoms with Crippen LogP contribution in [0.15, 0.2) is 18.2 Å². The molecule has 1 heterocycles. The minimum absolute atomic E-state index is 0.236. The lowest BCUT2D eigenvalue weighted by molar-refractivity contribution is 0.174. The number of benzene rings is 1. The number of fused-ring (bicyclic) bond motifs is 1. The Morgan fingerprint density at radius 3 is 2.71 bits per heavy atom. The summed E-state index contributed by atoms with van der Waals surface area (Å²) in [5.74, 6) is 1.35. The van der Waals surface area contributed by atoms with Gasteiger partial charge < -0.3 is 9.47 Å². The zero-order valence-electron chi connectivity index (χ0n) is 7.78. The van der Waals surface area contributed by atoms with Crippen molar-refractivity contribution in [3.8, 4) is 17.6 Å². The number of allylic oxidation sites excluding steroid dienone is 1. The molecule has 3 nitrogen and oxygen atoms in total. The molecule has 0 spiro atoms. The molecular weight excluding hydrogens is 178 g/mol. The first-order valence-electron chi connectivity index (χ1n) is 4.31. The van der Waals surface area contributed by atoms with Gasteiger partial charge >= 0.3 is 0 Å². The molecule has 1 aliphatic rings. The Kier molecular flexibility index (Phi) is 2.11. The third kappa shape index (κ3) is 1.31. The highest BCUT2D eigenvalue weighted by Gasteiger charge is 2.15. The van der Waals surface area contributed by atoms with Crippen LogP contribution in [0.5, 0.6) is 11.5 Å². The Bertz CT molecular complexity index is 430. The summed E-state index contributed by atoms with van der Waals surface area (Å²) in [5.41, 5.74) is 1.46. The maximum absolute atomic E-state index is 8.90. The number of nitriles is 1. The lowest BCUT2D eigenvalue weighted by Crippen LogP contribution is -1.92. The van der Waals surface area contributed by atoms with Gasteiger partial charge in [-0.25, -0.2) is 0 Å². The largest absolute Gasteiger partial charge is 0.454 e. The van der Waals surface area contributed by atoms with E-state index < -0.39 is 0 Å². The summed E-state index contributed by atoms with van der Waals surface area (Å²) in [6.45, 7) is 2.14. The van der Waals surface area contributed by atoms with E-state index in [0.29, 0.717) is 17.1 Å². The standard InChI is InChI=1S/C11H9NO2/c1-2-3-8-4-10-11(14-7-13-10)5-9(8)6-12/h2-5H,7H2,1H3/b3-2+. The Morgan fingerprint density at radius 1 is 1.36 bits per heavy atom. The normalized spacial score (nSPS) is 13.1. The van der Waals surface area contributed by atoms with Crippen LogP contribution in [0.3, 0.4) is 0 Å². The van der Waals surface area contributed by atoms with E-state index in [9.17, 15) is 0 Å². The maximum Gasteiger partial charge on any atom is 0.231 e. The average molecular weight is 187 g/mol. The molecule has 2 rings (SSSR count). The molecule has 14 heavy (non-hydrogen) atoms. The van der Waals surface area contributed by atoms with E-state index in [-0.39, 0.29) is 6.79 Å². The van der Waals surface area contributed by atoms with Crippen molar-refractivity contribution in [1.29, 1.82) is 5.26 Å². The zero-order valence-corrected chi connectivity index (χ0v) is 7.78. The molecule has 70 valence electrons. The third-order valence-electron chi connectivity index (χ3n) is 2.01. The summed E-state index contributed by atoms with van der Waals surface area (Å²) in [5, 5.41) is 8.90. The van der Waals surface area contributed by atoms with Gasteiger partial charge in [-0.2, -0.15) is 5.26 Å². The van der Waals surface area contributed by atoms with E-state index in [0.717, 1.165) is 5.56 Å². The van der Waals surface area contributed by atoms with Crippen LogP contribution in [0.25, 0.3) is 6.08 Å². The summed E-state index contributed by atoms with van der Waals surface area (Å²) < 4.78 is 10.4. The molecule has 0 radical (unpaired) electrons. The van der Waals surface area contributed by atoms with Gasteiger partial charge in [0.15, 0.2) is 11.5 Å². The van der Waals surface area contributed by atoms with Gasteiger partial charge in [0.25, 0.3) is 0 Å². The Hall–Kier alpha value is -1.95. The van der Waals surface area contributed by atoms with E-state index in [1.807, 2.05) is 25.1 Å². The van der Waals surface area contributed by atoms with E-state index in [1.165, 1.54) is 0 Å². The van der Waals surface area contributed by atoms with E-state index in [4.69, 9.17) is 14.7 Å². The van der Waals surface area contributed by atoms with Crippen LogP contribution >= 0.6 is 0 Å². The molecule has 1 aliphatic heterocycles. The number of hydrogen-bond donors (Lipinski definition) is 0. The molecule has 0 fully saturated rings. The van der Waals surface area contributed by atoms with Crippen molar-refractivity contribution in [3.63, 3.8) is 0 Å². The van der Waals surface area contributed by atoms with Gasteiger partial charge in [0.05, 0.1) is 11.6 Å². The molecule has 1 aromatic rings. The van der Waals surface area contributed by atoms with E-state index in [1.54, 1.807) is 6.07 Å². The lowest BCUT2D eigenvalue weighted by atomic mass is 10.1. The zero-order chi connectivity index (χ0) is 9.97. The lowest BCUT2D eigenvalue weighted by Gasteiger charge is -2.00. The van der Waals surface area contributed by atoms with Crippen molar-refractivity contribution in [1.82, 2.24) is 0 Å². The van der Waals surface area contributed by atoms with Crippen molar-refractivity contribution in [3.05, 3.63) is 29.3 Å². The molecule has 0 N–H and O–H groups in total. The molecule has 0 saturated carbocycles. The van der Waals surface area contributed by atoms with Crippen LogP contribution in [0.1, 0.15) is 18.1 Å². The molecule has 0 amide bonds. The quantitative estimate of drug-likeness (QED) is 0.677. The predicted octanol–water partition coefficient (Wildman–Crippen LogP) is 2.32. The smallest absolute Gasteiger partial charge is 0.231 e. The number of nitrogens with zero attached hydrogens (tertiary/aromatic N) is 1. The Labute approximate surface area is 82.2 Å². The van der Waals surface area contributed by atoms with Crippen LogP contribution in [0.2, 0.25) is 0 Å². The van der Waals surface area contributed by atoms with Gasteiger partial charge in [-0.1, -0.05) is 12.2 Å². The summed E-state index contributed by atoms with van der Waals surface area (Å²) in [7, 11) is 0. The molecule has 0 atom stereocenters. The molecular formula is C11H9NO2. The fourth-order valence-electron chi connectivity index (χ4n) is 1.37. The van der Waals surface area contributed by atoms with Crippen molar-refractivity contribution in [2.45, 2.75) is 6.92 Å². The molecule has 0 aliphatic carbocycles. The van der Waals surface area contributed by atoms with Crippen LogP contribution in [-0.2, 0) is 0 Å². The number of hydrogen-bond acceptors (Lipinski definition) is 3. The van der Waals surface area contributed by atoms with Crippen LogP contribution < -0.4 is 9.47 Å². The van der Waals surface area contributed by atoms with Crippen LogP contribution in [0.4, 0.5) is 0 Å². The highest BCUT2D eigenvalue weighted by atomic mass is 16.7. The van der Waals surface area contributed by atoms with Gasteiger partial charge in [-0.05, 0) is 18.6 Å². The third-order valence-corrected chi connectivity index (χ3v) is 2.01. The maximum atomic E-state index is 8.90. The highest BCUT2D eigenvalue weighted by Crippen LogP contribution is 2.34. The monoisotopic (exact) mass is 187 g/mol. The van der Waals surface area contributed by atoms with Gasteiger partial charge in [-0.15, -0.1) is 0 Å². The summed E-state index contributed by atoms with van der Waals surface area (Å²) >= 11 is 0. The SMILES string of the molecule is C/C=C/c1cc2c(cc1C#N)OCO2. The first kappa shape index (κ1) is 8.64. The molecule has 0 bridgehead atoms. The van der Waals surface area contributed by atoms with Crippen LogP contribution in [-0.4, -0.2) is 6.79 Å². The van der Waals surface area contributed by atoms with Gasteiger partial charge in [-0.3, -0.25) is 0 Å². The molecule has 3 heteroatoms. The Balaban J connectivity index is 2.55. The van der Waals surface area contributed by atoms with Crippen LogP contribution in [0, 0.1) is 11.3 Å². The summed E-state index contributed by atoms with van der Waals surface area (Å²) in [4.78, 5) is 0. The highest BCUT2D eigenvalue weighted by molar-refractivity contribution is 5.64. The first-order valence-corrected chi connectivity index (χ1v) is 4.31. The minimum atomic E-state index is 0.236. The fraction of sp³-hybridized carbons (Fsp3) is 0.182. The van der Waals surface area contributed by atoms with Crippen molar-refractivity contribution >= 4 is 6.08 Å².